The van der Waals surface area contributed by atoms with Crippen LogP contribution < -0.4 is 0 Å². The van der Waals surface area contributed by atoms with Crippen molar-refractivity contribution < 1.29 is 19.1 Å². The Morgan fingerprint density at radius 1 is 1.04 bits per heavy atom. The van der Waals surface area contributed by atoms with Crippen LogP contribution in [-0.2, 0) is 4.57 Å². The maximum atomic E-state index is 13.5. The van der Waals surface area contributed by atoms with Crippen LogP contribution in [0.4, 0.5) is 0 Å². The Kier molecular flexibility index (Phi) is 4.97. The van der Waals surface area contributed by atoms with Gasteiger partial charge in [0.1, 0.15) is 5.16 Å². The molecule has 0 amide bonds. The zero-order valence-corrected chi connectivity index (χ0v) is 15.2. The molecule has 5 heteroatoms. The van der Waals surface area contributed by atoms with Gasteiger partial charge >= 0.3 is 7.60 Å². The Morgan fingerprint density at radius 2 is 1.68 bits per heavy atom. The molecule has 0 radical (unpaired) electrons. The number of aryl methyl sites for hydroxylation is 1. The van der Waals surface area contributed by atoms with E-state index in [-0.39, 0.29) is 6.42 Å². The van der Waals surface area contributed by atoms with Crippen molar-refractivity contribution in [2.75, 3.05) is 0 Å². The second kappa shape index (κ2) is 6.87. The van der Waals surface area contributed by atoms with Crippen LogP contribution in [0.3, 0.4) is 0 Å². The van der Waals surface area contributed by atoms with E-state index < -0.39 is 24.5 Å². The van der Waals surface area contributed by atoms with Gasteiger partial charge in [0.2, 0.25) is 0 Å². The lowest BCUT2D eigenvalue weighted by Crippen LogP contribution is -2.46. The molecule has 2 N–H and O–H groups in total. The predicted molar refractivity (Wildman–Crippen MR) is 97.9 cm³/mol. The van der Waals surface area contributed by atoms with Gasteiger partial charge < -0.3 is 9.79 Å². The fourth-order valence-electron chi connectivity index (χ4n) is 4.10. The maximum absolute atomic E-state index is 13.5. The maximum Gasteiger partial charge on any atom is 0.340 e. The van der Waals surface area contributed by atoms with E-state index in [4.69, 9.17) is 0 Å². The van der Waals surface area contributed by atoms with Gasteiger partial charge in [0, 0.05) is 11.5 Å². The van der Waals surface area contributed by atoms with E-state index in [2.05, 4.69) is 0 Å². The number of carbonyl (C=O) groups excluding carboxylic acids is 1. The molecule has 1 saturated carbocycles. The molecule has 2 unspecified atom stereocenters. The van der Waals surface area contributed by atoms with E-state index in [1.54, 1.807) is 25.1 Å². The number of ketones is 1. The van der Waals surface area contributed by atoms with E-state index >= 15 is 0 Å². The quantitative estimate of drug-likeness (QED) is 0.625. The lowest BCUT2D eigenvalue weighted by molar-refractivity contribution is 0.0868. The summed E-state index contributed by atoms with van der Waals surface area (Å²) < 4.78 is 12.7. The van der Waals surface area contributed by atoms with Crippen molar-refractivity contribution in [1.29, 1.82) is 0 Å². The number of Topliss-reactive ketones (excluding diaryl/α,β-unsaturated/α-hetero) is 1. The van der Waals surface area contributed by atoms with Crippen LogP contribution in [0, 0.1) is 6.92 Å². The second-order valence-corrected chi connectivity index (χ2v) is 8.71. The van der Waals surface area contributed by atoms with Gasteiger partial charge in [-0.3, -0.25) is 9.36 Å². The van der Waals surface area contributed by atoms with Crippen molar-refractivity contribution in [2.24, 2.45) is 0 Å². The Hall–Kier alpha value is -1.74. The minimum Gasteiger partial charge on any atom is -0.324 e. The van der Waals surface area contributed by atoms with Crippen molar-refractivity contribution in [1.82, 2.24) is 0 Å². The molecule has 0 bridgehead atoms. The Morgan fingerprint density at radius 3 is 2.32 bits per heavy atom. The molecule has 1 aliphatic rings. The summed E-state index contributed by atoms with van der Waals surface area (Å²) in [4.78, 5) is 34.2. The highest BCUT2D eigenvalue weighted by molar-refractivity contribution is 7.55. The largest absolute Gasteiger partial charge is 0.340 e. The first kappa shape index (κ1) is 18.1. The smallest absolute Gasteiger partial charge is 0.324 e. The molecule has 0 aromatic heterocycles. The number of benzene rings is 2. The molecule has 2 aromatic carbocycles. The standard InChI is InChI=1S/C20H23O4P/c1-15-9-5-6-12-17(15)19(21)20(25(22,23)24)14-8-7-13-18(20)16-10-3-2-4-11-16/h2-6,9-12,18H,7-8,13-14H2,1H3,(H2,22,23,24). The molecule has 0 aliphatic heterocycles. The molecule has 4 nitrogen and oxygen atoms in total. The van der Waals surface area contributed by atoms with Crippen LogP contribution in [0.1, 0.15) is 53.1 Å². The number of hydrogen-bond donors (Lipinski definition) is 2. The summed E-state index contributed by atoms with van der Waals surface area (Å²) in [6, 6.07) is 16.4. The van der Waals surface area contributed by atoms with Crippen LogP contribution in [0.15, 0.2) is 54.6 Å². The van der Waals surface area contributed by atoms with E-state index in [0.717, 1.165) is 17.5 Å². The van der Waals surface area contributed by atoms with Crippen molar-refractivity contribution in [3.05, 3.63) is 71.3 Å². The Balaban J connectivity index is 2.20. The normalized spacial score (nSPS) is 24.0. The van der Waals surface area contributed by atoms with Gasteiger partial charge in [-0.15, -0.1) is 0 Å². The van der Waals surface area contributed by atoms with Crippen molar-refractivity contribution >= 4 is 13.4 Å². The van der Waals surface area contributed by atoms with Gasteiger partial charge in [-0.1, -0.05) is 67.4 Å². The molecule has 25 heavy (non-hydrogen) atoms. The summed E-state index contributed by atoms with van der Waals surface area (Å²) in [5, 5.41) is -1.68. The average molecular weight is 358 g/mol. The topological polar surface area (TPSA) is 74.6 Å². The van der Waals surface area contributed by atoms with E-state index in [1.807, 2.05) is 36.4 Å². The molecule has 0 heterocycles. The van der Waals surface area contributed by atoms with Crippen LogP contribution in [0.5, 0.6) is 0 Å². The molecule has 1 aliphatic carbocycles. The van der Waals surface area contributed by atoms with Gasteiger partial charge in [-0.2, -0.15) is 0 Å². The summed E-state index contributed by atoms with van der Waals surface area (Å²) in [6.45, 7) is 1.81. The van der Waals surface area contributed by atoms with Crippen LogP contribution in [0.25, 0.3) is 0 Å². The molecule has 2 aromatic rings. The first-order chi connectivity index (χ1) is 11.9. The number of hydrogen-bond acceptors (Lipinski definition) is 2. The zero-order valence-electron chi connectivity index (χ0n) is 14.3. The minimum absolute atomic E-state index is 0.212. The van der Waals surface area contributed by atoms with Gasteiger partial charge in [-0.25, -0.2) is 0 Å². The van der Waals surface area contributed by atoms with Crippen molar-refractivity contribution in [3.63, 3.8) is 0 Å². The fraction of sp³-hybridized carbons (Fsp3) is 0.350. The fourth-order valence-corrected chi connectivity index (χ4v) is 5.62. The average Bonchev–Trinajstić information content (AvgIpc) is 2.61. The van der Waals surface area contributed by atoms with Gasteiger partial charge in [-0.05, 0) is 30.9 Å². The van der Waals surface area contributed by atoms with Gasteiger partial charge in [0.25, 0.3) is 0 Å². The zero-order chi connectivity index (χ0) is 18.1. The second-order valence-electron chi connectivity index (χ2n) is 6.82. The van der Waals surface area contributed by atoms with Crippen LogP contribution >= 0.6 is 7.60 Å². The van der Waals surface area contributed by atoms with Crippen molar-refractivity contribution in [3.8, 4) is 0 Å². The lowest BCUT2D eigenvalue weighted by atomic mass is 9.71. The lowest BCUT2D eigenvalue weighted by Gasteiger charge is -2.43. The van der Waals surface area contributed by atoms with E-state index in [9.17, 15) is 19.1 Å². The molecule has 132 valence electrons. The Bertz CT molecular complexity index is 811. The van der Waals surface area contributed by atoms with E-state index in [0.29, 0.717) is 18.4 Å². The molecule has 3 rings (SSSR count). The Labute approximate surface area is 148 Å². The SMILES string of the molecule is Cc1ccccc1C(=O)C1(P(=O)(O)O)CCCCC1c1ccccc1. The molecule has 0 spiro atoms. The van der Waals surface area contributed by atoms with Crippen LogP contribution in [0.2, 0.25) is 0 Å². The monoisotopic (exact) mass is 358 g/mol. The highest BCUT2D eigenvalue weighted by atomic mass is 31.2. The molecule has 2 atom stereocenters. The summed E-state index contributed by atoms with van der Waals surface area (Å²) >= 11 is 0. The van der Waals surface area contributed by atoms with Gasteiger partial charge in [0.05, 0.1) is 0 Å². The highest BCUT2D eigenvalue weighted by Gasteiger charge is 2.59. The third kappa shape index (κ3) is 3.10. The third-order valence-electron chi connectivity index (χ3n) is 5.38. The predicted octanol–water partition coefficient (Wildman–Crippen LogP) is 4.45. The summed E-state index contributed by atoms with van der Waals surface area (Å²) in [7, 11) is -4.68. The van der Waals surface area contributed by atoms with E-state index in [1.165, 1.54) is 0 Å². The number of rotatable bonds is 4. The third-order valence-corrected chi connectivity index (χ3v) is 7.16. The van der Waals surface area contributed by atoms with Crippen LogP contribution in [-0.4, -0.2) is 20.7 Å². The molecule has 1 fully saturated rings. The summed E-state index contributed by atoms with van der Waals surface area (Å²) in [6.07, 6.45) is 2.32. The first-order valence-corrected chi connectivity index (χ1v) is 10.2. The summed E-state index contributed by atoms with van der Waals surface area (Å²) in [5.74, 6) is -0.900. The van der Waals surface area contributed by atoms with Crippen molar-refractivity contribution in [2.45, 2.75) is 43.7 Å². The minimum atomic E-state index is -4.68. The molecular formula is C20H23O4P. The van der Waals surface area contributed by atoms with Gasteiger partial charge in [0.15, 0.2) is 5.78 Å². The first-order valence-electron chi connectivity index (χ1n) is 8.59. The molecule has 0 saturated heterocycles. The molecular weight excluding hydrogens is 335 g/mol. The summed E-state index contributed by atoms with van der Waals surface area (Å²) in [5.41, 5.74) is 1.99. The highest BCUT2D eigenvalue weighted by Crippen LogP contribution is 2.64. The number of carbonyl (C=O) groups is 1.